The Morgan fingerprint density at radius 3 is 2.20 bits per heavy atom. The van der Waals surface area contributed by atoms with E-state index >= 15 is 0 Å². The van der Waals surface area contributed by atoms with Crippen LogP contribution in [-0.2, 0) is 0 Å². The first-order valence-corrected chi connectivity index (χ1v) is 5.80. The SMILES string of the molecule is Cc1cc(-c2ccccc2)c(C)cc1Br. The molecule has 1 heteroatoms. The molecule has 0 saturated carbocycles. The molecule has 0 nitrogen and oxygen atoms in total. The Morgan fingerprint density at radius 2 is 1.53 bits per heavy atom. The van der Waals surface area contributed by atoms with Gasteiger partial charge in [-0.3, -0.25) is 0 Å². The van der Waals surface area contributed by atoms with E-state index in [4.69, 9.17) is 0 Å². The number of aryl methyl sites for hydroxylation is 2. The summed E-state index contributed by atoms with van der Waals surface area (Å²) in [7, 11) is 0. The molecule has 0 radical (unpaired) electrons. The maximum Gasteiger partial charge on any atom is 0.0207 e. The predicted octanol–water partition coefficient (Wildman–Crippen LogP) is 4.73. The van der Waals surface area contributed by atoms with Gasteiger partial charge in [-0.25, -0.2) is 0 Å². The Kier molecular flexibility index (Phi) is 2.92. The molecular weight excluding hydrogens is 248 g/mol. The van der Waals surface area contributed by atoms with Gasteiger partial charge in [0.25, 0.3) is 0 Å². The zero-order chi connectivity index (χ0) is 10.8. The monoisotopic (exact) mass is 260 g/mol. The molecule has 0 N–H and O–H groups in total. The van der Waals surface area contributed by atoms with Crippen LogP contribution in [0.25, 0.3) is 11.1 Å². The summed E-state index contributed by atoms with van der Waals surface area (Å²) < 4.78 is 1.18. The van der Waals surface area contributed by atoms with Crippen molar-refractivity contribution < 1.29 is 0 Å². The highest BCUT2D eigenvalue weighted by Gasteiger charge is 2.04. The van der Waals surface area contributed by atoms with E-state index in [1.165, 1.54) is 26.7 Å². The van der Waals surface area contributed by atoms with Crippen LogP contribution in [0.3, 0.4) is 0 Å². The third-order valence-electron chi connectivity index (χ3n) is 2.59. The van der Waals surface area contributed by atoms with Gasteiger partial charge in [-0.2, -0.15) is 0 Å². The Labute approximate surface area is 99.1 Å². The number of benzene rings is 2. The van der Waals surface area contributed by atoms with Gasteiger partial charge in [-0.05, 0) is 42.2 Å². The van der Waals surface area contributed by atoms with Gasteiger partial charge in [0.15, 0.2) is 0 Å². The third kappa shape index (κ3) is 2.13. The average Bonchev–Trinajstić information content (AvgIpc) is 2.25. The fourth-order valence-corrected chi connectivity index (χ4v) is 2.17. The summed E-state index contributed by atoms with van der Waals surface area (Å²) in [6.07, 6.45) is 0. The van der Waals surface area contributed by atoms with Gasteiger partial charge in [0.05, 0.1) is 0 Å². The first-order valence-electron chi connectivity index (χ1n) is 5.00. The highest BCUT2D eigenvalue weighted by atomic mass is 79.9. The van der Waals surface area contributed by atoms with Crippen molar-refractivity contribution in [2.45, 2.75) is 13.8 Å². The highest BCUT2D eigenvalue weighted by molar-refractivity contribution is 9.10. The molecule has 0 unspecified atom stereocenters. The lowest BCUT2D eigenvalue weighted by Crippen LogP contribution is -1.86. The summed E-state index contributed by atoms with van der Waals surface area (Å²) in [4.78, 5) is 0. The molecule has 2 rings (SSSR count). The normalized spacial score (nSPS) is 10.3. The Balaban J connectivity index is 2.59. The molecule has 0 heterocycles. The zero-order valence-electron chi connectivity index (χ0n) is 8.92. The first kappa shape index (κ1) is 10.4. The van der Waals surface area contributed by atoms with Crippen molar-refractivity contribution in [3.8, 4) is 11.1 Å². The van der Waals surface area contributed by atoms with E-state index in [-0.39, 0.29) is 0 Å². The van der Waals surface area contributed by atoms with Crippen LogP contribution in [-0.4, -0.2) is 0 Å². The van der Waals surface area contributed by atoms with Crippen LogP contribution < -0.4 is 0 Å². The maximum absolute atomic E-state index is 3.55. The van der Waals surface area contributed by atoms with Gasteiger partial charge >= 0.3 is 0 Å². The van der Waals surface area contributed by atoms with Crippen molar-refractivity contribution in [3.05, 3.63) is 58.1 Å². The average molecular weight is 261 g/mol. The molecule has 0 atom stereocenters. The number of hydrogen-bond donors (Lipinski definition) is 0. The van der Waals surface area contributed by atoms with Crippen molar-refractivity contribution in [2.75, 3.05) is 0 Å². The Morgan fingerprint density at radius 1 is 0.867 bits per heavy atom. The van der Waals surface area contributed by atoms with Crippen LogP contribution >= 0.6 is 15.9 Å². The molecule has 76 valence electrons. The van der Waals surface area contributed by atoms with E-state index in [2.05, 4.69) is 66.2 Å². The van der Waals surface area contributed by atoms with Crippen LogP contribution in [0.15, 0.2) is 46.9 Å². The van der Waals surface area contributed by atoms with E-state index in [0.29, 0.717) is 0 Å². The number of rotatable bonds is 1. The van der Waals surface area contributed by atoms with Gasteiger partial charge in [-0.15, -0.1) is 0 Å². The molecule has 0 fully saturated rings. The molecule has 15 heavy (non-hydrogen) atoms. The Hall–Kier alpha value is -1.08. The second kappa shape index (κ2) is 4.19. The number of hydrogen-bond acceptors (Lipinski definition) is 0. The minimum absolute atomic E-state index is 1.18. The van der Waals surface area contributed by atoms with E-state index in [1.807, 2.05) is 6.07 Å². The molecule has 2 aromatic carbocycles. The zero-order valence-corrected chi connectivity index (χ0v) is 10.5. The third-order valence-corrected chi connectivity index (χ3v) is 3.44. The predicted molar refractivity (Wildman–Crippen MR) is 69.1 cm³/mol. The van der Waals surface area contributed by atoms with Crippen LogP contribution in [0.1, 0.15) is 11.1 Å². The molecule has 0 aliphatic heterocycles. The molecule has 0 aliphatic carbocycles. The molecule has 0 bridgehead atoms. The number of halogens is 1. The summed E-state index contributed by atoms with van der Waals surface area (Å²) in [5, 5.41) is 0. The fourth-order valence-electron chi connectivity index (χ4n) is 1.71. The molecule has 0 spiro atoms. The Bertz CT molecular complexity index is 472. The molecule has 0 amide bonds. The van der Waals surface area contributed by atoms with E-state index in [0.717, 1.165) is 0 Å². The quantitative estimate of drug-likeness (QED) is 0.696. The summed E-state index contributed by atoms with van der Waals surface area (Å²) in [5.74, 6) is 0. The largest absolute Gasteiger partial charge is 0.0622 e. The molecule has 0 aliphatic rings. The summed E-state index contributed by atoms with van der Waals surface area (Å²) in [6.45, 7) is 4.27. The lowest BCUT2D eigenvalue weighted by atomic mass is 9.99. The standard InChI is InChI=1S/C14H13Br/c1-10-9-14(15)11(2)8-13(10)12-6-4-3-5-7-12/h3-9H,1-2H3. The molecular formula is C14H13Br. The lowest BCUT2D eigenvalue weighted by Gasteiger charge is -2.08. The minimum atomic E-state index is 1.18. The molecule has 0 saturated heterocycles. The summed E-state index contributed by atoms with van der Waals surface area (Å²) >= 11 is 3.55. The van der Waals surface area contributed by atoms with Crippen LogP contribution in [0.4, 0.5) is 0 Å². The van der Waals surface area contributed by atoms with Crippen LogP contribution in [0, 0.1) is 13.8 Å². The first-order chi connectivity index (χ1) is 7.18. The van der Waals surface area contributed by atoms with Crippen LogP contribution in [0.2, 0.25) is 0 Å². The van der Waals surface area contributed by atoms with E-state index < -0.39 is 0 Å². The summed E-state index contributed by atoms with van der Waals surface area (Å²) in [5.41, 5.74) is 5.18. The van der Waals surface area contributed by atoms with E-state index in [9.17, 15) is 0 Å². The van der Waals surface area contributed by atoms with Crippen molar-refractivity contribution in [1.82, 2.24) is 0 Å². The van der Waals surface area contributed by atoms with Crippen molar-refractivity contribution >= 4 is 15.9 Å². The van der Waals surface area contributed by atoms with Gasteiger partial charge < -0.3 is 0 Å². The summed E-state index contributed by atoms with van der Waals surface area (Å²) in [6, 6.07) is 14.9. The van der Waals surface area contributed by atoms with Crippen molar-refractivity contribution in [2.24, 2.45) is 0 Å². The highest BCUT2D eigenvalue weighted by Crippen LogP contribution is 2.28. The molecule has 2 aromatic rings. The smallest absolute Gasteiger partial charge is 0.0207 e. The van der Waals surface area contributed by atoms with Gasteiger partial charge in [0, 0.05) is 4.47 Å². The maximum atomic E-state index is 3.55. The van der Waals surface area contributed by atoms with Crippen LogP contribution in [0.5, 0.6) is 0 Å². The van der Waals surface area contributed by atoms with E-state index in [1.54, 1.807) is 0 Å². The second-order valence-corrected chi connectivity index (χ2v) is 4.64. The van der Waals surface area contributed by atoms with Gasteiger partial charge in [0.1, 0.15) is 0 Å². The minimum Gasteiger partial charge on any atom is -0.0622 e. The lowest BCUT2D eigenvalue weighted by molar-refractivity contribution is 1.36. The van der Waals surface area contributed by atoms with Gasteiger partial charge in [0.2, 0.25) is 0 Å². The fraction of sp³-hybridized carbons (Fsp3) is 0.143. The molecule has 0 aromatic heterocycles. The van der Waals surface area contributed by atoms with Crippen molar-refractivity contribution in [3.63, 3.8) is 0 Å². The van der Waals surface area contributed by atoms with Gasteiger partial charge in [-0.1, -0.05) is 52.3 Å². The second-order valence-electron chi connectivity index (χ2n) is 3.78. The topological polar surface area (TPSA) is 0 Å². The van der Waals surface area contributed by atoms with Crippen molar-refractivity contribution in [1.29, 1.82) is 0 Å².